The van der Waals surface area contributed by atoms with Gasteiger partial charge in [-0.15, -0.1) is 0 Å². The number of rotatable bonds is 8. The van der Waals surface area contributed by atoms with Crippen LogP contribution in [0, 0.1) is 6.92 Å². The van der Waals surface area contributed by atoms with Gasteiger partial charge in [0.05, 0.1) is 26.1 Å². The number of benzene rings is 1. The molecule has 3 rings (SSSR count). The van der Waals surface area contributed by atoms with Crippen LogP contribution in [-0.2, 0) is 15.7 Å². The Morgan fingerprint density at radius 3 is 2.58 bits per heavy atom. The largest absolute Gasteiger partial charge is 0.464 e. The molecule has 6 nitrogen and oxygen atoms in total. The maximum atomic E-state index is 11.9. The highest BCUT2D eigenvalue weighted by Crippen LogP contribution is 2.37. The van der Waals surface area contributed by atoms with Crippen LogP contribution in [-0.4, -0.2) is 42.1 Å². The molecular weight excluding hydrogens is 406 g/mol. The number of fused-ring (bicyclic) bond motifs is 1. The molecule has 7 heteroatoms. The molecule has 0 aliphatic heterocycles. The predicted molar refractivity (Wildman–Crippen MR) is 127 cm³/mol. The van der Waals surface area contributed by atoms with Crippen molar-refractivity contribution in [3.05, 3.63) is 54.2 Å². The fourth-order valence-corrected chi connectivity index (χ4v) is 4.53. The summed E-state index contributed by atoms with van der Waals surface area (Å²) in [6, 6.07) is 8.55. The second kappa shape index (κ2) is 9.00. The molecule has 0 N–H and O–H groups in total. The molecule has 2 heterocycles. The lowest BCUT2D eigenvalue weighted by Crippen LogP contribution is -2.42. The molecule has 0 saturated heterocycles. The van der Waals surface area contributed by atoms with Crippen LogP contribution in [0.1, 0.15) is 49.3 Å². The molecule has 2 aromatic heterocycles. The fraction of sp³-hybridized carbons (Fsp3) is 0.500. The Morgan fingerprint density at radius 2 is 1.90 bits per heavy atom. The normalized spacial score (nSPS) is 13.5. The van der Waals surface area contributed by atoms with E-state index in [2.05, 4.69) is 80.8 Å². The van der Waals surface area contributed by atoms with E-state index in [1.54, 1.807) is 12.5 Å². The van der Waals surface area contributed by atoms with E-state index in [-0.39, 0.29) is 11.1 Å². The van der Waals surface area contributed by atoms with Crippen molar-refractivity contribution in [3.63, 3.8) is 0 Å². The maximum absolute atomic E-state index is 11.9. The number of esters is 1. The summed E-state index contributed by atoms with van der Waals surface area (Å²) < 4.78 is 15.7. The summed E-state index contributed by atoms with van der Waals surface area (Å²) >= 11 is 0. The van der Waals surface area contributed by atoms with Crippen molar-refractivity contribution in [2.45, 2.75) is 64.8 Å². The van der Waals surface area contributed by atoms with E-state index >= 15 is 0 Å². The van der Waals surface area contributed by atoms with Crippen LogP contribution in [0.4, 0.5) is 0 Å². The van der Waals surface area contributed by atoms with Crippen LogP contribution in [0.5, 0.6) is 0 Å². The maximum Gasteiger partial charge on any atom is 0.358 e. The molecule has 0 bridgehead atoms. The van der Waals surface area contributed by atoms with Crippen molar-refractivity contribution < 1.29 is 14.0 Å². The predicted octanol–water partition coefficient (Wildman–Crippen LogP) is 5.59. The van der Waals surface area contributed by atoms with Crippen LogP contribution < -0.4 is 0 Å². The lowest BCUT2D eigenvalue weighted by Gasteiger charge is -2.37. The zero-order valence-electron chi connectivity index (χ0n) is 19.8. The van der Waals surface area contributed by atoms with Gasteiger partial charge in [0.15, 0.2) is 14.0 Å². The van der Waals surface area contributed by atoms with Gasteiger partial charge in [-0.3, -0.25) is 0 Å². The highest BCUT2D eigenvalue weighted by atomic mass is 28.4. The number of nitrogens with zero attached hydrogens (tertiary/aromatic N) is 3. The van der Waals surface area contributed by atoms with Gasteiger partial charge in [0.1, 0.15) is 0 Å². The van der Waals surface area contributed by atoms with Crippen molar-refractivity contribution in [1.29, 1.82) is 0 Å². The van der Waals surface area contributed by atoms with Gasteiger partial charge in [-0.25, -0.2) is 9.78 Å². The molecular formula is C24H35N3O3Si. The summed E-state index contributed by atoms with van der Waals surface area (Å²) in [5.41, 5.74) is 2.84. The molecule has 1 aromatic carbocycles. The van der Waals surface area contributed by atoms with Crippen molar-refractivity contribution in [2.75, 3.05) is 13.7 Å². The lowest BCUT2D eigenvalue weighted by molar-refractivity contribution is 0.0594. The molecule has 0 fully saturated rings. The smallest absolute Gasteiger partial charge is 0.358 e. The van der Waals surface area contributed by atoms with Crippen LogP contribution in [0.15, 0.2) is 43.0 Å². The summed E-state index contributed by atoms with van der Waals surface area (Å²) in [6.45, 7) is 14.9. The summed E-state index contributed by atoms with van der Waals surface area (Å²) in [6.07, 6.45) is 6.56. The molecule has 0 aliphatic carbocycles. The van der Waals surface area contributed by atoms with Gasteiger partial charge in [0.2, 0.25) is 0 Å². The van der Waals surface area contributed by atoms with Gasteiger partial charge >= 0.3 is 5.97 Å². The number of aryl methyl sites for hydroxylation is 2. The average Bonchev–Trinajstić information content (AvgIpc) is 3.32. The Balaban J connectivity index is 1.83. The molecule has 168 valence electrons. The topological polar surface area (TPSA) is 58.3 Å². The highest BCUT2D eigenvalue weighted by Gasteiger charge is 2.37. The number of imidazole rings is 1. The van der Waals surface area contributed by atoms with E-state index in [9.17, 15) is 4.79 Å². The van der Waals surface area contributed by atoms with Crippen molar-refractivity contribution >= 4 is 25.2 Å². The monoisotopic (exact) mass is 441 g/mol. The Hall–Kier alpha value is -2.38. The van der Waals surface area contributed by atoms with Gasteiger partial charge in [-0.05, 0) is 43.1 Å². The van der Waals surface area contributed by atoms with Crippen molar-refractivity contribution in [2.24, 2.45) is 0 Å². The molecule has 0 saturated carbocycles. The Labute approximate surface area is 186 Å². The summed E-state index contributed by atoms with van der Waals surface area (Å²) in [5.74, 6) is -0.421. The third-order valence-corrected chi connectivity index (χ3v) is 11.1. The molecule has 3 aromatic rings. The minimum atomic E-state index is -1.90. The van der Waals surface area contributed by atoms with Crippen LogP contribution in [0.25, 0.3) is 10.9 Å². The SMILES string of the molecule is COC(=O)c1cn([C@H](CCn2cc(C)c3ccccc32)CO[Si](C)(C)C(C)(C)C)cn1. The second-order valence-corrected chi connectivity index (χ2v) is 14.5. The minimum Gasteiger partial charge on any atom is -0.464 e. The van der Waals surface area contributed by atoms with Gasteiger partial charge in [-0.1, -0.05) is 39.0 Å². The van der Waals surface area contributed by atoms with Gasteiger partial charge in [0.25, 0.3) is 0 Å². The quantitative estimate of drug-likeness (QED) is 0.338. The molecule has 0 aliphatic rings. The van der Waals surface area contributed by atoms with Gasteiger partial charge < -0.3 is 18.3 Å². The first-order valence-electron chi connectivity index (χ1n) is 10.8. The third-order valence-electron chi connectivity index (χ3n) is 6.55. The molecule has 1 atom stereocenters. The molecule has 0 unspecified atom stereocenters. The summed E-state index contributed by atoms with van der Waals surface area (Å²) in [7, 11) is -0.529. The van der Waals surface area contributed by atoms with Crippen molar-refractivity contribution in [1.82, 2.24) is 14.1 Å². The molecule has 31 heavy (non-hydrogen) atoms. The standard InChI is InChI=1S/C24H35N3O3Si/c1-18-14-26(22-11-9-8-10-20(18)22)13-12-19(16-30-31(6,7)24(2,3)4)27-15-21(25-17-27)23(28)29-5/h8-11,14-15,17,19H,12-13,16H2,1-7H3/t19-/m1/s1. The first-order valence-corrected chi connectivity index (χ1v) is 13.7. The van der Waals surface area contributed by atoms with Gasteiger partial charge in [0, 0.05) is 29.8 Å². The number of carbonyl (C=O) groups is 1. The Morgan fingerprint density at radius 1 is 1.19 bits per heavy atom. The van der Waals surface area contributed by atoms with E-state index < -0.39 is 14.3 Å². The number of hydrogen-bond acceptors (Lipinski definition) is 4. The average molecular weight is 442 g/mol. The van der Waals surface area contributed by atoms with E-state index in [4.69, 9.17) is 9.16 Å². The molecule has 0 radical (unpaired) electrons. The number of aromatic nitrogens is 3. The molecule has 0 spiro atoms. The fourth-order valence-electron chi connectivity index (χ4n) is 3.49. The van der Waals surface area contributed by atoms with E-state index in [1.807, 2.05) is 4.57 Å². The van der Waals surface area contributed by atoms with E-state index in [0.29, 0.717) is 12.3 Å². The number of carbonyl (C=O) groups excluding carboxylic acids is 1. The number of para-hydroxylation sites is 1. The van der Waals surface area contributed by atoms with Crippen LogP contribution in [0.3, 0.4) is 0 Å². The van der Waals surface area contributed by atoms with E-state index in [1.165, 1.54) is 23.6 Å². The second-order valence-electron chi connectivity index (χ2n) is 9.73. The number of hydrogen-bond donors (Lipinski definition) is 0. The van der Waals surface area contributed by atoms with Gasteiger partial charge in [-0.2, -0.15) is 0 Å². The Kier molecular flexibility index (Phi) is 6.76. The first kappa shape index (κ1) is 23.3. The van der Waals surface area contributed by atoms with Crippen molar-refractivity contribution in [3.8, 4) is 0 Å². The highest BCUT2D eigenvalue weighted by molar-refractivity contribution is 6.74. The lowest BCUT2D eigenvalue weighted by atomic mass is 10.2. The zero-order valence-corrected chi connectivity index (χ0v) is 20.8. The molecule has 0 amide bonds. The summed E-state index contributed by atoms with van der Waals surface area (Å²) in [5, 5.41) is 1.42. The van der Waals surface area contributed by atoms with Crippen LogP contribution in [0.2, 0.25) is 18.1 Å². The van der Waals surface area contributed by atoms with E-state index in [0.717, 1.165) is 13.0 Å². The first-order chi connectivity index (χ1) is 14.5. The third kappa shape index (κ3) is 5.10. The number of ether oxygens (including phenoxy) is 1. The Bertz CT molecular complexity index is 1050. The summed E-state index contributed by atoms with van der Waals surface area (Å²) in [4.78, 5) is 16.1. The minimum absolute atomic E-state index is 0.0708. The van der Waals surface area contributed by atoms with Crippen LogP contribution >= 0.6 is 0 Å². The number of methoxy groups -OCH3 is 1. The zero-order chi connectivity index (χ0) is 22.8.